The molecule has 4 nitrogen and oxygen atoms in total. The highest BCUT2D eigenvalue weighted by molar-refractivity contribution is 6.32. The van der Waals surface area contributed by atoms with Crippen molar-refractivity contribution >= 4 is 17.6 Å². The zero-order chi connectivity index (χ0) is 27.0. The minimum atomic E-state index is -4.52. The van der Waals surface area contributed by atoms with Gasteiger partial charge in [0.25, 0.3) is 0 Å². The van der Waals surface area contributed by atoms with E-state index < -0.39 is 17.7 Å². The number of hydrogen-bond donors (Lipinski definition) is 1. The fourth-order valence-corrected chi connectivity index (χ4v) is 4.52. The number of hydrogen-bond acceptors (Lipinski definition) is 3. The van der Waals surface area contributed by atoms with Crippen LogP contribution in [-0.4, -0.2) is 35.2 Å². The number of ether oxygens (including phenoxy) is 1. The van der Waals surface area contributed by atoms with Crippen molar-refractivity contribution in [2.45, 2.75) is 51.4 Å². The maximum atomic E-state index is 13.4. The summed E-state index contributed by atoms with van der Waals surface area (Å²) in [6.45, 7) is 5.46. The van der Waals surface area contributed by atoms with Gasteiger partial charge in [0.2, 0.25) is 0 Å². The van der Waals surface area contributed by atoms with E-state index in [0.717, 1.165) is 11.6 Å². The molecule has 0 aliphatic rings. The van der Waals surface area contributed by atoms with Crippen LogP contribution in [0.15, 0.2) is 72.8 Å². The number of halogens is 4. The average molecular weight is 534 g/mol. The molecule has 3 rings (SSSR count). The number of carboxylic acids is 1. The van der Waals surface area contributed by atoms with Gasteiger partial charge in [-0.15, -0.1) is 0 Å². The largest absolute Gasteiger partial charge is 0.491 e. The molecule has 0 saturated heterocycles. The standard InChI is InChI=1S/C29H31ClF3NO3/c1-20(23-9-4-3-5-10-23)18-34(19-24-11-7-13-26(28(24)30)29(31,32)33)15-14-21(2)37-25-12-6-8-22(16-25)17-27(35)36/h3-13,16,20-21H,14-15,17-19H2,1-2H3,(H,35,36)/t20-,21-/m1/s1. The van der Waals surface area contributed by atoms with Gasteiger partial charge in [-0.1, -0.05) is 73.1 Å². The Balaban J connectivity index is 1.73. The fraction of sp³-hybridized carbons (Fsp3) is 0.345. The molecule has 0 heterocycles. The van der Waals surface area contributed by atoms with Crippen LogP contribution in [0.2, 0.25) is 5.02 Å². The number of benzene rings is 3. The van der Waals surface area contributed by atoms with Gasteiger partial charge in [-0.05, 0) is 54.2 Å². The Morgan fingerprint density at radius 3 is 2.41 bits per heavy atom. The van der Waals surface area contributed by atoms with Gasteiger partial charge in [0.1, 0.15) is 5.75 Å². The first-order valence-electron chi connectivity index (χ1n) is 12.1. The summed E-state index contributed by atoms with van der Waals surface area (Å²) < 4.78 is 46.2. The van der Waals surface area contributed by atoms with Crippen molar-refractivity contribution < 1.29 is 27.8 Å². The highest BCUT2D eigenvalue weighted by Gasteiger charge is 2.34. The van der Waals surface area contributed by atoms with E-state index in [2.05, 4.69) is 11.8 Å². The molecule has 1 N–H and O–H groups in total. The maximum absolute atomic E-state index is 13.4. The Hall–Kier alpha value is -3.03. The van der Waals surface area contributed by atoms with Crippen LogP contribution in [0.4, 0.5) is 13.2 Å². The Kier molecular flexibility index (Phi) is 10.0. The summed E-state index contributed by atoms with van der Waals surface area (Å²) in [7, 11) is 0. The Bertz CT molecular complexity index is 1170. The second kappa shape index (κ2) is 13.0. The molecule has 0 radical (unpaired) electrons. The predicted molar refractivity (Wildman–Crippen MR) is 139 cm³/mol. The molecule has 2 atom stereocenters. The summed E-state index contributed by atoms with van der Waals surface area (Å²) in [4.78, 5) is 13.1. The molecule has 198 valence electrons. The lowest BCUT2D eigenvalue weighted by Gasteiger charge is -2.28. The molecular weight excluding hydrogens is 503 g/mol. The van der Waals surface area contributed by atoms with Gasteiger partial charge in [0.05, 0.1) is 23.1 Å². The lowest BCUT2D eigenvalue weighted by atomic mass is 10.00. The summed E-state index contributed by atoms with van der Waals surface area (Å²) in [5.41, 5.74) is 1.38. The molecule has 0 unspecified atom stereocenters. The Morgan fingerprint density at radius 1 is 1.03 bits per heavy atom. The smallest absolute Gasteiger partial charge is 0.417 e. The van der Waals surface area contributed by atoms with E-state index >= 15 is 0 Å². The van der Waals surface area contributed by atoms with Crippen molar-refractivity contribution in [2.75, 3.05) is 13.1 Å². The van der Waals surface area contributed by atoms with E-state index in [9.17, 15) is 18.0 Å². The van der Waals surface area contributed by atoms with Crippen LogP contribution in [0.3, 0.4) is 0 Å². The van der Waals surface area contributed by atoms with E-state index in [4.69, 9.17) is 21.4 Å². The maximum Gasteiger partial charge on any atom is 0.417 e. The molecule has 37 heavy (non-hydrogen) atoms. The first-order chi connectivity index (χ1) is 17.5. The first kappa shape index (κ1) is 28.5. The first-order valence-corrected chi connectivity index (χ1v) is 12.5. The van der Waals surface area contributed by atoms with E-state index in [-0.39, 0.29) is 30.0 Å². The number of rotatable bonds is 12. The molecule has 0 aromatic heterocycles. The molecule has 8 heteroatoms. The van der Waals surface area contributed by atoms with Crippen LogP contribution < -0.4 is 4.74 Å². The summed E-state index contributed by atoms with van der Waals surface area (Å²) in [6, 6.07) is 20.9. The summed E-state index contributed by atoms with van der Waals surface area (Å²) in [6.07, 6.45) is -4.20. The summed E-state index contributed by atoms with van der Waals surface area (Å²) in [5, 5.41) is 8.75. The SMILES string of the molecule is C[C@H](CCN(Cc1cccc(C(F)(F)F)c1Cl)C[C@@H](C)c1ccccc1)Oc1cccc(CC(=O)O)c1. The van der Waals surface area contributed by atoms with Crippen molar-refractivity contribution in [1.29, 1.82) is 0 Å². The molecule has 0 spiro atoms. The van der Waals surface area contributed by atoms with Gasteiger partial charge < -0.3 is 9.84 Å². The molecular formula is C29H31ClF3NO3. The van der Waals surface area contributed by atoms with E-state index in [1.165, 1.54) is 6.07 Å². The fourth-order valence-electron chi connectivity index (χ4n) is 4.23. The Labute approximate surface area is 220 Å². The quantitative estimate of drug-likeness (QED) is 0.263. The minimum Gasteiger partial charge on any atom is -0.491 e. The number of carboxylic acid groups (broad SMARTS) is 1. The van der Waals surface area contributed by atoms with Crippen LogP contribution in [0.1, 0.15) is 48.4 Å². The topological polar surface area (TPSA) is 49.8 Å². The molecule has 0 aliphatic carbocycles. The minimum absolute atomic E-state index is 0.0888. The molecule has 0 bridgehead atoms. The number of carbonyl (C=O) groups is 1. The van der Waals surface area contributed by atoms with Crippen LogP contribution in [0, 0.1) is 0 Å². The van der Waals surface area contributed by atoms with Crippen molar-refractivity contribution in [1.82, 2.24) is 4.90 Å². The van der Waals surface area contributed by atoms with Gasteiger partial charge in [0.15, 0.2) is 0 Å². The highest BCUT2D eigenvalue weighted by atomic mass is 35.5. The zero-order valence-electron chi connectivity index (χ0n) is 20.8. The normalized spacial score (nSPS) is 13.4. The van der Waals surface area contributed by atoms with Crippen LogP contribution >= 0.6 is 11.6 Å². The van der Waals surface area contributed by atoms with Gasteiger partial charge in [0, 0.05) is 19.6 Å². The van der Waals surface area contributed by atoms with Gasteiger partial charge in [-0.2, -0.15) is 13.2 Å². The van der Waals surface area contributed by atoms with Crippen LogP contribution in [0.25, 0.3) is 0 Å². The third kappa shape index (κ3) is 8.79. The number of nitrogens with zero attached hydrogens (tertiary/aromatic N) is 1. The van der Waals surface area contributed by atoms with Gasteiger partial charge in [-0.3, -0.25) is 9.69 Å². The number of aliphatic carboxylic acids is 1. The number of alkyl halides is 3. The lowest BCUT2D eigenvalue weighted by molar-refractivity contribution is -0.138. The van der Waals surface area contributed by atoms with Crippen molar-refractivity contribution in [3.05, 3.63) is 100 Å². The Morgan fingerprint density at radius 2 is 1.73 bits per heavy atom. The molecule has 3 aromatic carbocycles. The molecule has 0 amide bonds. The van der Waals surface area contributed by atoms with E-state index in [1.54, 1.807) is 30.3 Å². The average Bonchev–Trinajstić information content (AvgIpc) is 2.83. The summed E-state index contributed by atoms with van der Waals surface area (Å²) >= 11 is 6.20. The van der Waals surface area contributed by atoms with E-state index in [1.807, 2.05) is 37.3 Å². The second-order valence-electron chi connectivity index (χ2n) is 9.26. The van der Waals surface area contributed by atoms with Crippen molar-refractivity contribution in [2.24, 2.45) is 0 Å². The predicted octanol–water partition coefficient (Wildman–Crippen LogP) is 7.45. The van der Waals surface area contributed by atoms with E-state index in [0.29, 0.717) is 36.4 Å². The zero-order valence-corrected chi connectivity index (χ0v) is 21.6. The third-order valence-corrected chi connectivity index (χ3v) is 6.57. The van der Waals surface area contributed by atoms with Crippen molar-refractivity contribution in [3.8, 4) is 5.75 Å². The van der Waals surface area contributed by atoms with Crippen molar-refractivity contribution in [3.63, 3.8) is 0 Å². The highest BCUT2D eigenvalue weighted by Crippen LogP contribution is 2.36. The molecule has 0 aliphatic heterocycles. The molecule has 0 saturated carbocycles. The summed E-state index contributed by atoms with van der Waals surface area (Å²) in [5.74, 6) is -0.187. The van der Waals surface area contributed by atoms with Gasteiger partial charge >= 0.3 is 12.1 Å². The van der Waals surface area contributed by atoms with Crippen LogP contribution in [-0.2, 0) is 23.9 Å². The molecule has 3 aromatic rings. The molecule has 0 fully saturated rings. The van der Waals surface area contributed by atoms with Gasteiger partial charge in [-0.25, -0.2) is 0 Å². The van der Waals surface area contributed by atoms with Crippen LogP contribution in [0.5, 0.6) is 5.75 Å². The second-order valence-corrected chi connectivity index (χ2v) is 9.64. The third-order valence-electron chi connectivity index (χ3n) is 6.12. The monoisotopic (exact) mass is 533 g/mol. The lowest BCUT2D eigenvalue weighted by Crippen LogP contribution is -2.31.